The van der Waals surface area contributed by atoms with E-state index in [1.54, 1.807) is 34.9 Å². The number of ether oxygens (including phenoxy) is 3. The summed E-state index contributed by atoms with van der Waals surface area (Å²) in [5.74, 6) is -0.171. The van der Waals surface area contributed by atoms with Gasteiger partial charge in [0, 0.05) is 16.7 Å². The Balaban J connectivity index is 1.73. The number of hydrogen-bond acceptors (Lipinski definition) is 6. The minimum Gasteiger partial charge on any atom is -0.493 e. The molecule has 6 nitrogen and oxygen atoms in total. The van der Waals surface area contributed by atoms with Gasteiger partial charge in [-0.25, -0.2) is 4.79 Å². The van der Waals surface area contributed by atoms with Gasteiger partial charge in [-0.1, -0.05) is 25.1 Å². The summed E-state index contributed by atoms with van der Waals surface area (Å²) in [5.41, 5.74) is 1.08. The summed E-state index contributed by atoms with van der Waals surface area (Å²) in [7, 11) is 2.94. The van der Waals surface area contributed by atoms with Crippen LogP contribution in [0.15, 0.2) is 47.4 Å². The Morgan fingerprint density at radius 2 is 1.89 bits per heavy atom. The van der Waals surface area contributed by atoms with Crippen LogP contribution in [0.25, 0.3) is 0 Å². The van der Waals surface area contributed by atoms with E-state index in [4.69, 9.17) is 14.2 Å². The fraction of sp³-hybridized carbons (Fsp3) is 0.333. The maximum Gasteiger partial charge on any atom is 0.342 e. The maximum absolute atomic E-state index is 12.8. The SMILES string of the molecule is COc1cccc(C(=O)OCC(=O)N2CCC(C)Sc3ccccc32)c1OC. The van der Waals surface area contributed by atoms with Crippen molar-refractivity contribution >= 4 is 29.3 Å². The molecule has 1 aliphatic heterocycles. The maximum atomic E-state index is 12.8. The van der Waals surface area contributed by atoms with E-state index < -0.39 is 5.97 Å². The average Bonchev–Trinajstić information content (AvgIpc) is 2.89. The van der Waals surface area contributed by atoms with E-state index in [1.807, 2.05) is 24.3 Å². The monoisotopic (exact) mass is 401 g/mol. The van der Waals surface area contributed by atoms with Crippen molar-refractivity contribution in [2.45, 2.75) is 23.5 Å². The zero-order valence-electron chi connectivity index (χ0n) is 16.1. The minimum atomic E-state index is -0.630. The Hall–Kier alpha value is -2.67. The Labute approximate surface area is 168 Å². The topological polar surface area (TPSA) is 65.1 Å². The number of benzene rings is 2. The largest absolute Gasteiger partial charge is 0.493 e. The van der Waals surface area contributed by atoms with Gasteiger partial charge in [-0.15, -0.1) is 11.8 Å². The number of carbonyl (C=O) groups is 2. The van der Waals surface area contributed by atoms with E-state index in [0.29, 0.717) is 17.5 Å². The highest BCUT2D eigenvalue weighted by Gasteiger charge is 2.25. The summed E-state index contributed by atoms with van der Waals surface area (Å²) in [6, 6.07) is 12.7. The molecule has 1 amide bonds. The molecule has 1 atom stereocenters. The minimum absolute atomic E-state index is 0.218. The highest BCUT2D eigenvalue weighted by molar-refractivity contribution is 8.00. The molecule has 0 saturated heterocycles. The molecule has 0 radical (unpaired) electrons. The molecule has 0 aromatic heterocycles. The normalized spacial score (nSPS) is 16.0. The lowest BCUT2D eigenvalue weighted by Crippen LogP contribution is -2.35. The van der Waals surface area contributed by atoms with Crippen LogP contribution < -0.4 is 14.4 Å². The van der Waals surface area contributed by atoms with Gasteiger partial charge in [0.25, 0.3) is 5.91 Å². The molecule has 1 aliphatic rings. The first-order valence-electron chi connectivity index (χ1n) is 8.99. The van der Waals surface area contributed by atoms with Crippen molar-refractivity contribution in [1.82, 2.24) is 0 Å². The van der Waals surface area contributed by atoms with Crippen molar-refractivity contribution in [3.05, 3.63) is 48.0 Å². The lowest BCUT2D eigenvalue weighted by atomic mass is 10.2. The highest BCUT2D eigenvalue weighted by atomic mass is 32.2. The summed E-state index contributed by atoms with van der Waals surface area (Å²) in [6.07, 6.45) is 0.864. The van der Waals surface area contributed by atoms with Crippen LogP contribution in [-0.2, 0) is 9.53 Å². The zero-order valence-corrected chi connectivity index (χ0v) is 17.0. The molecule has 0 saturated carbocycles. The third kappa shape index (κ3) is 4.25. The van der Waals surface area contributed by atoms with Gasteiger partial charge in [0.1, 0.15) is 5.56 Å². The van der Waals surface area contributed by atoms with Crippen LogP contribution in [0.2, 0.25) is 0 Å². The lowest BCUT2D eigenvalue weighted by Gasteiger charge is -2.22. The number of methoxy groups -OCH3 is 2. The van der Waals surface area contributed by atoms with Crippen LogP contribution in [-0.4, -0.2) is 44.5 Å². The van der Waals surface area contributed by atoms with Crippen molar-refractivity contribution in [2.24, 2.45) is 0 Å². The molecular formula is C21H23NO5S. The molecule has 0 bridgehead atoms. The van der Waals surface area contributed by atoms with Crippen LogP contribution in [0.5, 0.6) is 11.5 Å². The fourth-order valence-electron chi connectivity index (χ4n) is 3.08. The van der Waals surface area contributed by atoms with Crippen LogP contribution in [0.3, 0.4) is 0 Å². The third-order valence-corrected chi connectivity index (χ3v) is 5.73. The summed E-state index contributed by atoms with van der Waals surface area (Å²) in [6.45, 7) is 2.39. The molecule has 28 heavy (non-hydrogen) atoms. The number of fused-ring (bicyclic) bond motifs is 1. The van der Waals surface area contributed by atoms with Crippen molar-refractivity contribution in [1.29, 1.82) is 0 Å². The smallest absolute Gasteiger partial charge is 0.342 e. The molecule has 7 heteroatoms. The molecule has 1 heterocycles. The molecule has 3 rings (SSSR count). The standard InChI is InChI=1S/C21H23NO5S/c1-14-11-12-22(16-8-4-5-10-18(16)28-14)19(23)13-27-21(24)15-7-6-9-17(25-2)20(15)26-3/h4-10,14H,11-13H2,1-3H3. The summed E-state index contributed by atoms with van der Waals surface area (Å²) in [4.78, 5) is 28.1. The fourth-order valence-corrected chi connectivity index (χ4v) is 4.19. The Bertz CT molecular complexity index is 870. The summed E-state index contributed by atoms with van der Waals surface area (Å²) in [5, 5.41) is 0.405. The molecule has 2 aromatic rings. The second-order valence-corrected chi connectivity index (χ2v) is 7.83. The van der Waals surface area contributed by atoms with Crippen LogP contribution >= 0.6 is 11.8 Å². The van der Waals surface area contributed by atoms with Gasteiger partial charge < -0.3 is 19.1 Å². The van der Waals surface area contributed by atoms with E-state index in [0.717, 1.165) is 17.0 Å². The van der Waals surface area contributed by atoms with Gasteiger partial charge in [0.2, 0.25) is 0 Å². The molecule has 0 N–H and O–H groups in total. The lowest BCUT2D eigenvalue weighted by molar-refractivity contribution is -0.121. The van der Waals surface area contributed by atoms with Gasteiger partial charge in [0.05, 0.1) is 19.9 Å². The molecule has 1 unspecified atom stereocenters. The highest BCUT2D eigenvalue weighted by Crippen LogP contribution is 2.37. The molecule has 0 aliphatic carbocycles. The van der Waals surface area contributed by atoms with Crippen molar-refractivity contribution in [3.8, 4) is 11.5 Å². The number of hydrogen-bond donors (Lipinski definition) is 0. The van der Waals surface area contributed by atoms with Crippen LogP contribution in [0.4, 0.5) is 5.69 Å². The first kappa shape index (κ1) is 20.1. The Morgan fingerprint density at radius 1 is 1.11 bits per heavy atom. The predicted molar refractivity (Wildman–Crippen MR) is 109 cm³/mol. The van der Waals surface area contributed by atoms with E-state index in [1.165, 1.54) is 14.2 Å². The molecule has 2 aromatic carbocycles. The molecule has 148 valence electrons. The Morgan fingerprint density at radius 3 is 2.64 bits per heavy atom. The van der Waals surface area contributed by atoms with Crippen LogP contribution in [0, 0.1) is 0 Å². The quantitative estimate of drug-likeness (QED) is 0.711. The molecular weight excluding hydrogens is 378 g/mol. The van der Waals surface area contributed by atoms with Crippen molar-refractivity contribution in [3.63, 3.8) is 0 Å². The number of anilines is 1. The van der Waals surface area contributed by atoms with Crippen molar-refractivity contribution < 1.29 is 23.8 Å². The second kappa shape index (κ2) is 9.01. The van der Waals surface area contributed by atoms with Gasteiger partial charge >= 0.3 is 5.97 Å². The van der Waals surface area contributed by atoms with Gasteiger partial charge in [-0.2, -0.15) is 0 Å². The number of carbonyl (C=O) groups excluding carboxylic acids is 2. The zero-order chi connectivity index (χ0) is 20.1. The van der Waals surface area contributed by atoms with Gasteiger partial charge in [0.15, 0.2) is 18.1 Å². The first-order chi connectivity index (χ1) is 13.5. The van der Waals surface area contributed by atoms with Crippen molar-refractivity contribution in [2.75, 3.05) is 32.3 Å². The average molecular weight is 401 g/mol. The van der Waals surface area contributed by atoms with E-state index in [9.17, 15) is 9.59 Å². The van der Waals surface area contributed by atoms with Gasteiger partial charge in [-0.05, 0) is 30.7 Å². The predicted octanol–water partition coefficient (Wildman–Crippen LogP) is 3.78. The number of para-hydroxylation sites is 2. The van der Waals surface area contributed by atoms with E-state index in [2.05, 4.69) is 6.92 Å². The number of esters is 1. The second-order valence-electron chi connectivity index (χ2n) is 6.35. The first-order valence-corrected chi connectivity index (χ1v) is 9.87. The van der Waals surface area contributed by atoms with E-state index in [-0.39, 0.29) is 23.8 Å². The number of amides is 1. The Kier molecular flexibility index (Phi) is 6.46. The summed E-state index contributed by atoms with van der Waals surface area (Å²) < 4.78 is 15.8. The van der Waals surface area contributed by atoms with Crippen LogP contribution in [0.1, 0.15) is 23.7 Å². The van der Waals surface area contributed by atoms with Gasteiger partial charge in [-0.3, -0.25) is 4.79 Å². The number of thioether (sulfide) groups is 1. The van der Waals surface area contributed by atoms with E-state index >= 15 is 0 Å². The number of rotatable bonds is 5. The third-order valence-electron chi connectivity index (χ3n) is 4.49. The number of nitrogens with zero attached hydrogens (tertiary/aromatic N) is 1. The molecule has 0 fully saturated rings. The summed E-state index contributed by atoms with van der Waals surface area (Å²) >= 11 is 1.75. The molecule has 0 spiro atoms.